The predicted octanol–water partition coefficient (Wildman–Crippen LogP) is 4.10. The van der Waals surface area contributed by atoms with E-state index in [1.165, 1.54) is 0 Å². The van der Waals surface area contributed by atoms with Gasteiger partial charge in [0.05, 0.1) is 16.3 Å². The monoisotopic (exact) mass is 292 g/mol. The summed E-state index contributed by atoms with van der Waals surface area (Å²) in [6.45, 7) is 4.96. The summed E-state index contributed by atoms with van der Waals surface area (Å²) in [6, 6.07) is 6.00. The average Bonchev–Trinajstić information content (AvgIpc) is 2.88. The van der Waals surface area contributed by atoms with Gasteiger partial charge in [-0.3, -0.25) is 0 Å². The standard InChI is InChI=1S/C13H13BrN2O/c1-3-6-16-9(2)10(8-15)12(14)13(16)11-5-4-7-17-11/h4-5,7H,3,6H2,1-2H3. The molecule has 0 aliphatic rings. The van der Waals surface area contributed by atoms with Gasteiger partial charge in [0, 0.05) is 12.2 Å². The van der Waals surface area contributed by atoms with Crippen LogP contribution in [0.3, 0.4) is 0 Å². The third-order valence-corrected chi connectivity index (χ3v) is 3.55. The minimum absolute atomic E-state index is 0.685. The van der Waals surface area contributed by atoms with E-state index in [4.69, 9.17) is 4.42 Å². The van der Waals surface area contributed by atoms with Gasteiger partial charge in [-0.1, -0.05) is 6.92 Å². The van der Waals surface area contributed by atoms with E-state index in [-0.39, 0.29) is 0 Å². The van der Waals surface area contributed by atoms with Gasteiger partial charge in [-0.15, -0.1) is 0 Å². The Morgan fingerprint density at radius 2 is 2.29 bits per heavy atom. The molecule has 0 saturated carbocycles. The third-order valence-electron chi connectivity index (χ3n) is 2.78. The van der Waals surface area contributed by atoms with Gasteiger partial charge < -0.3 is 8.98 Å². The van der Waals surface area contributed by atoms with Crippen molar-refractivity contribution in [2.24, 2.45) is 0 Å². The second kappa shape index (κ2) is 4.80. The number of aromatic nitrogens is 1. The molecule has 3 nitrogen and oxygen atoms in total. The van der Waals surface area contributed by atoms with Crippen molar-refractivity contribution in [2.45, 2.75) is 26.8 Å². The Labute approximate surface area is 109 Å². The van der Waals surface area contributed by atoms with Crippen molar-refractivity contribution in [1.82, 2.24) is 4.57 Å². The fourth-order valence-electron chi connectivity index (χ4n) is 1.99. The first-order valence-corrected chi connectivity index (χ1v) is 6.32. The molecule has 2 heterocycles. The molecule has 2 aromatic heterocycles. The van der Waals surface area contributed by atoms with Crippen molar-refractivity contribution >= 4 is 15.9 Å². The van der Waals surface area contributed by atoms with Crippen LogP contribution in [-0.4, -0.2) is 4.57 Å². The van der Waals surface area contributed by atoms with Crippen LogP contribution in [0.5, 0.6) is 0 Å². The molecule has 88 valence electrons. The van der Waals surface area contributed by atoms with E-state index in [1.54, 1.807) is 6.26 Å². The molecule has 0 aromatic carbocycles. The molecule has 2 aromatic rings. The van der Waals surface area contributed by atoms with E-state index in [2.05, 4.69) is 33.5 Å². The average molecular weight is 293 g/mol. The lowest BCUT2D eigenvalue weighted by Gasteiger charge is -2.08. The maximum atomic E-state index is 9.18. The van der Waals surface area contributed by atoms with Crippen LogP contribution in [-0.2, 0) is 6.54 Å². The van der Waals surface area contributed by atoms with Crippen molar-refractivity contribution in [1.29, 1.82) is 5.26 Å². The third kappa shape index (κ3) is 1.91. The van der Waals surface area contributed by atoms with Crippen molar-refractivity contribution in [3.05, 3.63) is 34.1 Å². The molecule has 0 radical (unpaired) electrons. The maximum absolute atomic E-state index is 9.18. The lowest BCUT2D eigenvalue weighted by molar-refractivity contribution is 0.568. The zero-order valence-electron chi connectivity index (χ0n) is 9.83. The summed E-state index contributed by atoms with van der Waals surface area (Å²) in [4.78, 5) is 0. The molecule has 0 amide bonds. The predicted molar refractivity (Wildman–Crippen MR) is 69.6 cm³/mol. The van der Waals surface area contributed by atoms with Crippen molar-refractivity contribution in [2.75, 3.05) is 0 Å². The molecule has 0 atom stereocenters. The molecule has 0 bridgehead atoms. The summed E-state index contributed by atoms with van der Waals surface area (Å²) in [5, 5.41) is 9.18. The molecule has 4 heteroatoms. The van der Waals surface area contributed by atoms with Gasteiger partial charge in [0.15, 0.2) is 5.76 Å². The van der Waals surface area contributed by atoms with Crippen LogP contribution < -0.4 is 0 Å². The van der Waals surface area contributed by atoms with E-state index < -0.39 is 0 Å². The van der Waals surface area contributed by atoms with E-state index in [0.29, 0.717) is 5.56 Å². The molecule has 2 rings (SSSR count). The summed E-state index contributed by atoms with van der Waals surface area (Å²) >= 11 is 3.50. The van der Waals surface area contributed by atoms with Gasteiger partial charge in [-0.2, -0.15) is 5.26 Å². The molecular weight excluding hydrogens is 280 g/mol. The Morgan fingerprint density at radius 3 is 2.82 bits per heavy atom. The summed E-state index contributed by atoms with van der Waals surface area (Å²) in [5.74, 6) is 0.787. The zero-order chi connectivity index (χ0) is 12.4. The van der Waals surface area contributed by atoms with Gasteiger partial charge in [-0.25, -0.2) is 0 Å². The fraction of sp³-hybridized carbons (Fsp3) is 0.308. The Bertz CT molecular complexity index is 561. The van der Waals surface area contributed by atoms with Gasteiger partial charge in [-0.05, 0) is 41.4 Å². The first kappa shape index (κ1) is 12.0. The maximum Gasteiger partial charge on any atom is 0.151 e. The van der Waals surface area contributed by atoms with Crippen LogP contribution in [0, 0.1) is 18.3 Å². The van der Waals surface area contributed by atoms with Gasteiger partial charge in [0.2, 0.25) is 0 Å². The van der Waals surface area contributed by atoms with E-state index in [0.717, 1.165) is 34.6 Å². The molecule has 0 fully saturated rings. The fourth-order valence-corrected chi connectivity index (χ4v) is 2.77. The van der Waals surface area contributed by atoms with E-state index >= 15 is 0 Å². The summed E-state index contributed by atoms with van der Waals surface area (Å²) in [7, 11) is 0. The zero-order valence-corrected chi connectivity index (χ0v) is 11.4. The quantitative estimate of drug-likeness (QED) is 0.855. The van der Waals surface area contributed by atoms with E-state index in [9.17, 15) is 5.26 Å². The minimum atomic E-state index is 0.685. The Balaban J connectivity index is 2.69. The highest BCUT2D eigenvalue weighted by atomic mass is 79.9. The normalized spacial score (nSPS) is 10.5. The molecule has 0 N–H and O–H groups in total. The molecule has 0 aliphatic carbocycles. The molecule has 0 unspecified atom stereocenters. The number of halogens is 1. The van der Waals surface area contributed by atoms with Crippen LogP contribution in [0.4, 0.5) is 0 Å². The molecule has 0 aliphatic heterocycles. The summed E-state index contributed by atoms with van der Waals surface area (Å²) < 4.78 is 8.39. The van der Waals surface area contributed by atoms with E-state index in [1.807, 2.05) is 19.1 Å². The lowest BCUT2D eigenvalue weighted by atomic mass is 10.2. The Kier molecular flexibility index (Phi) is 3.39. The minimum Gasteiger partial charge on any atom is -0.463 e. The first-order valence-electron chi connectivity index (χ1n) is 5.53. The number of nitriles is 1. The molecule has 0 spiro atoms. The van der Waals surface area contributed by atoms with Crippen molar-refractivity contribution in [3.63, 3.8) is 0 Å². The van der Waals surface area contributed by atoms with Crippen LogP contribution >= 0.6 is 15.9 Å². The summed E-state index contributed by atoms with van der Waals surface area (Å²) in [6.07, 6.45) is 2.66. The number of rotatable bonds is 3. The smallest absolute Gasteiger partial charge is 0.151 e. The lowest BCUT2D eigenvalue weighted by Crippen LogP contribution is -2.01. The number of nitrogens with zero attached hydrogens (tertiary/aromatic N) is 2. The second-order valence-electron chi connectivity index (χ2n) is 3.86. The topological polar surface area (TPSA) is 41.9 Å². The Morgan fingerprint density at radius 1 is 1.53 bits per heavy atom. The SMILES string of the molecule is CCCn1c(C)c(C#N)c(Br)c1-c1ccco1. The molecular formula is C13H13BrN2O. The first-order chi connectivity index (χ1) is 8.20. The summed E-state index contributed by atoms with van der Waals surface area (Å²) in [5.41, 5.74) is 2.61. The number of furan rings is 1. The highest BCUT2D eigenvalue weighted by molar-refractivity contribution is 9.10. The number of hydrogen-bond donors (Lipinski definition) is 0. The van der Waals surface area contributed by atoms with Crippen molar-refractivity contribution in [3.8, 4) is 17.5 Å². The van der Waals surface area contributed by atoms with Gasteiger partial charge in [0.1, 0.15) is 11.8 Å². The van der Waals surface area contributed by atoms with Gasteiger partial charge >= 0.3 is 0 Å². The van der Waals surface area contributed by atoms with Crippen LogP contribution in [0.25, 0.3) is 11.5 Å². The molecule has 17 heavy (non-hydrogen) atoms. The largest absolute Gasteiger partial charge is 0.463 e. The highest BCUT2D eigenvalue weighted by Gasteiger charge is 2.20. The highest BCUT2D eigenvalue weighted by Crippen LogP contribution is 2.35. The Hall–Kier alpha value is -1.47. The van der Waals surface area contributed by atoms with Gasteiger partial charge in [0.25, 0.3) is 0 Å². The van der Waals surface area contributed by atoms with Crippen molar-refractivity contribution < 1.29 is 4.42 Å². The van der Waals surface area contributed by atoms with Crippen LogP contribution in [0.2, 0.25) is 0 Å². The van der Waals surface area contributed by atoms with Crippen LogP contribution in [0.1, 0.15) is 24.6 Å². The van der Waals surface area contributed by atoms with Crippen LogP contribution in [0.15, 0.2) is 27.3 Å². The molecule has 0 saturated heterocycles. The second-order valence-corrected chi connectivity index (χ2v) is 4.66. The number of hydrogen-bond acceptors (Lipinski definition) is 2.